The fourth-order valence-electron chi connectivity index (χ4n) is 1.72. The van der Waals surface area contributed by atoms with Crippen molar-refractivity contribution in [2.75, 3.05) is 25.1 Å². The van der Waals surface area contributed by atoms with Crippen LogP contribution in [0.4, 0.5) is 4.79 Å². The van der Waals surface area contributed by atoms with Crippen molar-refractivity contribution in [3.63, 3.8) is 0 Å². The maximum Gasteiger partial charge on any atom is 0.314 e. The number of rotatable bonds is 12. The molecule has 0 aliphatic rings. The van der Waals surface area contributed by atoms with Crippen LogP contribution in [0.3, 0.4) is 0 Å². The fourth-order valence-corrected chi connectivity index (χ4v) is 2.22. The van der Waals surface area contributed by atoms with E-state index in [1.165, 1.54) is 18.6 Å². The largest absolute Gasteiger partial charge is 0.481 e. The first-order valence-electron chi connectivity index (χ1n) is 7.31. The number of amides is 2. The summed E-state index contributed by atoms with van der Waals surface area (Å²) in [5, 5.41) is 14.3. The predicted molar refractivity (Wildman–Crippen MR) is 84.3 cm³/mol. The number of thioether (sulfide) groups is 1. The number of nitrogens with one attached hydrogen (secondary N) is 2. The minimum Gasteiger partial charge on any atom is -0.481 e. The van der Waals surface area contributed by atoms with Gasteiger partial charge in [-0.25, -0.2) is 4.79 Å². The molecule has 5 nitrogen and oxygen atoms in total. The van der Waals surface area contributed by atoms with E-state index in [1.807, 2.05) is 11.8 Å². The SMILES string of the molecule is CSCCCCCCNC(=O)NCCCC(C)C(=O)O. The van der Waals surface area contributed by atoms with Crippen molar-refractivity contribution in [2.24, 2.45) is 5.92 Å². The molecular weight excluding hydrogens is 276 g/mol. The summed E-state index contributed by atoms with van der Waals surface area (Å²) in [6.07, 6.45) is 8.02. The van der Waals surface area contributed by atoms with Gasteiger partial charge in [0, 0.05) is 13.1 Å². The monoisotopic (exact) mass is 304 g/mol. The molecule has 0 saturated carbocycles. The molecule has 0 aromatic heterocycles. The lowest BCUT2D eigenvalue weighted by molar-refractivity contribution is -0.141. The van der Waals surface area contributed by atoms with Gasteiger partial charge >= 0.3 is 12.0 Å². The molecule has 0 spiro atoms. The first-order chi connectivity index (χ1) is 9.57. The zero-order chi connectivity index (χ0) is 15.2. The Hall–Kier alpha value is -0.910. The van der Waals surface area contributed by atoms with Gasteiger partial charge in [-0.05, 0) is 37.7 Å². The molecule has 0 rings (SSSR count). The van der Waals surface area contributed by atoms with Crippen LogP contribution in [-0.4, -0.2) is 42.2 Å². The Bertz CT molecular complexity index is 275. The average molecular weight is 304 g/mol. The van der Waals surface area contributed by atoms with Gasteiger partial charge in [0.05, 0.1) is 5.92 Å². The number of hydrogen-bond acceptors (Lipinski definition) is 3. The minimum atomic E-state index is -0.782. The maximum absolute atomic E-state index is 11.4. The van der Waals surface area contributed by atoms with E-state index < -0.39 is 5.97 Å². The molecule has 0 radical (unpaired) electrons. The Morgan fingerprint density at radius 1 is 1.05 bits per heavy atom. The number of carboxylic acids is 1. The van der Waals surface area contributed by atoms with Gasteiger partial charge in [-0.2, -0.15) is 11.8 Å². The number of carbonyl (C=O) groups is 2. The van der Waals surface area contributed by atoms with Gasteiger partial charge in [-0.15, -0.1) is 0 Å². The van der Waals surface area contributed by atoms with E-state index in [9.17, 15) is 9.59 Å². The Morgan fingerprint density at radius 2 is 1.65 bits per heavy atom. The summed E-state index contributed by atoms with van der Waals surface area (Å²) < 4.78 is 0. The van der Waals surface area contributed by atoms with E-state index in [4.69, 9.17) is 5.11 Å². The highest BCUT2D eigenvalue weighted by Gasteiger charge is 2.09. The third-order valence-corrected chi connectivity index (χ3v) is 3.78. The molecule has 3 N–H and O–H groups in total. The second-order valence-corrected chi connectivity index (χ2v) is 5.96. The van der Waals surface area contributed by atoms with Crippen molar-refractivity contribution < 1.29 is 14.7 Å². The molecule has 2 amide bonds. The molecule has 0 aromatic rings. The standard InChI is InChI=1S/C14H28N2O3S/c1-12(13(17)18)8-7-10-16-14(19)15-9-5-3-4-6-11-20-2/h12H,3-11H2,1-2H3,(H,17,18)(H2,15,16,19). The molecule has 0 bridgehead atoms. The highest BCUT2D eigenvalue weighted by Crippen LogP contribution is 2.04. The van der Waals surface area contributed by atoms with E-state index in [0.29, 0.717) is 25.9 Å². The number of carbonyl (C=O) groups excluding carboxylic acids is 1. The van der Waals surface area contributed by atoms with E-state index >= 15 is 0 Å². The van der Waals surface area contributed by atoms with Gasteiger partial charge in [0.1, 0.15) is 0 Å². The molecule has 1 unspecified atom stereocenters. The van der Waals surface area contributed by atoms with Crippen LogP contribution < -0.4 is 10.6 Å². The average Bonchev–Trinajstić information content (AvgIpc) is 2.42. The molecule has 6 heteroatoms. The number of carboxylic acid groups (broad SMARTS) is 1. The lowest BCUT2D eigenvalue weighted by Crippen LogP contribution is -2.36. The van der Waals surface area contributed by atoms with E-state index in [1.54, 1.807) is 6.92 Å². The van der Waals surface area contributed by atoms with Crippen molar-refractivity contribution in [3.05, 3.63) is 0 Å². The molecule has 0 aromatic carbocycles. The van der Waals surface area contributed by atoms with Crippen molar-refractivity contribution in [3.8, 4) is 0 Å². The molecular formula is C14H28N2O3S. The maximum atomic E-state index is 11.4. The van der Waals surface area contributed by atoms with Gasteiger partial charge < -0.3 is 15.7 Å². The number of urea groups is 1. The summed E-state index contributed by atoms with van der Waals surface area (Å²) in [6, 6.07) is -0.155. The van der Waals surface area contributed by atoms with E-state index in [2.05, 4.69) is 16.9 Å². The molecule has 0 heterocycles. The zero-order valence-electron chi connectivity index (χ0n) is 12.6. The Morgan fingerprint density at radius 3 is 2.25 bits per heavy atom. The highest BCUT2D eigenvalue weighted by molar-refractivity contribution is 7.98. The van der Waals surface area contributed by atoms with Crippen LogP contribution >= 0.6 is 11.8 Å². The van der Waals surface area contributed by atoms with E-state index in [-0.39, 0.29) is 11.9 Å². The number of unbranched alkanes of at least 4 members (excludes halogenated alkanes) is 3. The second kappa shape index (κ2) is 13.1. The summed E-state index contributed by atoms with van der Waals surface area (Å²) >= 11 is 1.87. The Labute approximate surface area is 126 Å². The van der Waals surface area contributed by atoms with Crippen molar-refractivity contribution >= 4 is 23.8 Å². The Kier molecular flexibility index (Phi) is 12.5. The Balaban J connectivity index is 3.31. The van der Waals surface area contributed by atoms with Gasteiger partial charge in [0.25, 0.3) is 0 Å². The first kappa shape index (κ1) is 19.1. The van der Waals surface area contributed by atoms with Gasteiger partial charge in [-0.1, -0.05) is 19.8 Å². The molecule has 0 aliphatic carbocycles. The summed E-state index contributed by atoms with van der Waals surface area (Å²) in [6.45, 7) is 2.91. The van der Waals surface area contributed by atoms with Crippen LogP contribution in [-0.2, 0) is 4.79 Å². The smallest absolute Gasteiger partial charge is 0.314 e. The summed E-state index contributed by atoms with van der Waals surface area (Å²) in [4.78, 5) is 22.0. The third-order valence-electron chi connectivity index (χ3n) is 3.08. The van der Waals surface area contributed by atoms with Crippen molar-refractivity contribution in [2.45, 2.75) is 45.4 Å². The number of aliphatic carboxylic acids is 1. The van der Waals surface area contributed by atoms with Crippen LogP contribution in [0.25, 0.3) is 0 Å². The quantitative estimate of drug-likeness (QED) is 0.484. The van der Waals surface area contributed by atoms with Crippen LogP contribution in [0.2, 0.25) is 0 Å². The highest BCUT2D eigenvalue weighted by atomic mass is 32.2. The predicted octanol–water partition coefficient (Wildman–Crippen LogP) is 2.71. The summed E-state index contributed by atoms with van der Waals surface area (Å²) in [5.74, 6) is 0.0833. The lowest BCUT2D eigenvalue weighted by atomic mass is 10.1. The molecule has 118 valence electrons. The normalized spacial score (nSPS) is 11.9. The van der Waals surface area contributed by atoms with Crippen LogP contribution in [0.1, 0.15) is 45.4 Å². The fraction of sp³-hybridized carbons (Fsp3) is 0.857. The van der Waals surface area contributed by atoms with Crippen LogP contribution in [0.15, 0.2) is 0 Å². The summed E-state index contributed by atoms with van der Waals surface area (Å²) in [7, 11) is 0. The number of hydrogen-bond donors (Lipinski definition) is 3. The van der Waals surface area contributed by atoms with E-state index in [0.717, 1.165) is 12.8 Å². The van der Waals surface area contributed by atoms with Crippen molar-refractivity contribution in [1.82, 2.24) is 10.6 Å². The first-order valence-corrected chi connectivity index (χ1v) is 8.70. The summed E-state index contributed by atoms with van der Waals surface area (Å²) in [5.41, 5.74) is 0. The van der Waals surface area contributed by atoms with Crippen LogP contribution in [0, 0.1) is 5.92 Å². The lowest BCUT2D eigenvalue weighted by Gasteiger charge is -2.09. The molecule has 1 atom stereocenters. The van der Waals surface area contributed by atoms with Gasteiger partial charge in [-0.3, -0.25) is 4.79 Å². The zero-order valence-corrected chi connectivity index (χ0v) is 13.4. The van der Waals surface area contributed by atoms with Gasteiger partial charge in [0.2, 0.25) is 0 Å². The van der Waals surface area contributed by atoms with Crippen LogP contribution in [0.5, 0.6) is 0 Å². The van der Waals surface area contributed by atoms with Crippen molar-refractivity contribution in [1.29, 1.82) is 0 Å². The third kappa shape index (κ3) is 12.1. The molecule has 0 aliphatic heterocycles. The minimum absolute atomic E-state index is 0.155. The molecule has 0 fully saturated rings. The molecule has 20 heavy (non-hydrogen) atoms. The van der Waals surface area contributed by atoms with Gasteiger partial charge in [0.15, 0.2) is 0 Å². The topological polar surface area (TPSA) is 78.4 Å². The second-order valence-electron chi connectivity index (χ2n) is 4.97. The molecule has 0 saturated heterocycles.